The minimum atomic E-state index is -3.29. The summed E-state index contributed by atoms with van der Waals surface area (Å²) in [7, 11) is -1.77. The topological polar surface area (TPSA) is 58.6 Å². The summed E-state index contributed by atoms with van der Waals surface area (Å²) in [4.78, 5) is 0. The second-order valence-electron chi connectivity index (χ2n) is 5.23. The van der Waals surface area contributed by atoms with Gasteiger partial charge in [0, 0.05) is 26.7 Å². The number of piperazine rings is 1. The van der Waals surface area contributed by atoms with Crippen molar-refractivity contribution >= 4 is 10.0 Å². The molecule has 0 amide bonds. The first kappa shape index (κ1) is 16.4. The lowest BCUT2D eigenvalue weighted by Gasteiger charge is -2.35. The average molecular weight is 312 g/mol. The minimum Gasteiger partial charge on any atom is -0.384 e. The van der Waals surface area contributed by atoms with Crippen molar-refractivity contribution in [2.24, 2.45) is 0 Å². The number of aryl methyl sites for hydroxylation is 1. The monoisotopic (exact) mass is 312 g/mol. The molecule has 1 atom stereocenters. The third-order valence-corrected chi connectivity index (χ3v) is 5.70. The molecule has 118 valence electrons. The van der Waals surface area contributed by atoms with E-state index in [2.05, 4.69) is 24.4 Å². The number of benzene rings is 1. The maximum atomic E-state index is 12.5. The highest BCUT2D eigenvalue weighted by Gasteiger charge is 2.32. The number of sulfonamides is 1. The lowest BCUT2D eigenvalue weighted by Crippen LogP contribution is -2.49. The van der Waals surface area contributed by atoms with Crippen LogP contribution in [0.25, 0.3) is 0 Å². The van der Waals surface area contributed by atoms with E-state index in [1.54, 1.807) is 4.31 Å². The van der Waals surface area contributed by atoms with Crippen molar-refractivity contribution in [3.05, 3.63) is 35.4 Å². The molecule has 0 bridgehead atoms. The summed E-state index contributed by atoms with van der Waals surface area (Å²) in [6.07, 6.45) is 0.985. The first-order valence-corrected chi connectivity index (χ1v) is 8.97. The van der Waals surface area contributed by atoms with Gasteiger partial charge in [-0.2, -0.15) is 4.31 Å². The molecule has 0 spiro atoms. The van der Waals surface area contributed by atoms with E-state index in [4.69, 9.17) is 4.74 Å². The summed E-state index contributed by atoms with van der Waals surface area (Å²) in [6, 6.07) is 8.09. The SMILES string of the molecule is CCc1ccc(C2CNCCN2S(=O)(=O)CCOC)cc1. The Morgan fingerprint density at radius 2 is 2.05 bits per heavy atom. The van der Waals surface area contributed by atoms with Crippen molar-refractivity contribution in [3.63, 3.8) is 0 Å². The van der Waals surface area contributed by atoms with Crippen molar-refractivity contribution in [1.29, 1.82) is 0 Å². The van der Waals surface area contributed by atoms with Crippen LogP contribution in [0.4, 0.5) is 0 Å². The van der Waals surface area contributed by atoms with Crippen LogP contribution in [0, 0.1) is 0 Å². The Morgan fingerprint density at radius 3 is 2.67 bits per heavy atom. The second-order valence-corrected chi connectivity index (χ2v) is 7.28. The third kappa shape index (κ3) is 4.03. The minimum absolute atomic E-state index is 0.0348. The Hall–Kier alpha value is -0.950. The fourth-order valence-electron chi connectivity index (χ4n) is 2.58. The van der Waals surface area contributed by atoms with Gasteiger partial charge in [-0.1, -0.05) is 31.2 Å². The van der Waals surface area contributed by atoms with Crippen LogP contribution < -0.4 is 5.32 Å². The van der Waals surface area contributed by atoms with Gasteiger partial charge in [0.25, 0.3) is 0 Å². The summed E-state index contributed by atoms with van der Waals surface area (Å²) in [5, 5.41) is 3.28. The first-order valence-electron chi connectivity index (χ1n) is 7.36. The largest absolute Gasteiger partial charge is 0.384 e. The van der Waals surface area contributed by atoms with Gasteiger partial charge >= 0.3 is 0 Å². The van der Waals surface area contributed by atoms with Crippen molar-refractivity contribution < 1.29 is 13.2 Å². The number of rotatable bonds is 6. The molecular weight excluding hydrogens is 288 g/mol. The number of nitrogens with zero attached hydrogens (tertiary/aromatic N) is 1. The van der Waals surface area contributed by atoms with E-state index in [1.807, 2.05) is 12.1 Å². The molecule has 0 aliphatic carbocycles. The zero-order chi connectivity index (χ0) is 15.3. The number of methoxy groups -OCH3 is 1. The molecule has 5 nitrogen and oxygen atoms in total. The number of hydrogen-bond donors (Lipinski definition) is 1. The molecule has 0 aromatic heterocycles. The summed E-state index contributed by atoms with van der Waals surface area (Å²) < 4.78 is 31.5. The molecule has 0 radical (unpaired) electrons. The van der Waals surface area contributed by atoms with Crippen molar-refractivity contribution in [2.45, 2.75) is 19.4 Å². The van der Waals surface area contributed by atoms with E-state index in [0.29, 0.717) is 19.6 Å². The number of ether oxygens (including phenoxy) is 1. The van der Waals surface area contributed by atoms with Crippen LogP contribution in [-0.4, -0.2) is 51.8 Å². The maximum absolute atomic E-state index is 12.5. The average Bonchev–Trinajstić information content (AvgIpc) is 2.53. The Balaban J connectivity index is 2.21. The molecular formula is C15H24N2O3S. The van der Waals surface area contributed by atoms with Gasteiger partial charge in [-0.05, 0) is 17.5 Å². The van der Waals surface area contributed by atoms with E-state index in [9.17, 15) is 8.42 Å². The first-order chi connectivity index (χ1) is 10.1. The summed E-state index contributed by atoms with van der Waals surface area (Å²) in [6.45, 7) is 4.19. The molecule has 21 heavy (non-hydrogen) atoms. The lowest BCUT2D eigenvalue weighted by molar-refractivity contribution is 0.212. The van der Waals surface area contributed by atoms with E-state index in [-0.39, 0.29) is 18.4 Å². The predicted molar refractivity (Wildman–Crippen MR) is 83.8 cm³/mol. The van der Waals surface area contributed by atoms with Gasteiger partial charge in [0.2, 0.25) is 10.0 Å². The highest BCUT2D eigenvalue weighted by Crippen LogP contribution is 2.25. The number of nitrogens with one attached hydrogen (secondary N) is 1. The van der Waals surface area contributed by atoms with Crippen LogP contribution in [-0.2, 0) is 21.2 Å². The zero-order valence-corrected chi connectivity index (χ0v) is 13.5. The Bertz CT molecular complexity index is 543. The molecule has 1 heterocycles. The Morgan fingerprint density at radius 1 is 1.33 bits per heavy atom. The lowest BCUT2D eigenvalue weighted by atomic mass is 10.0. The highest BCUT2D eigenvalue weighted by atomic mass is 32.2. The quantitative estimate of drug-likeness (QED) is 0.857. The van der Waals surface area contributed by atoms with Crippen molar-refractivity contribution in [2.75, 3.05) is 39.1 Å². The predicted octanol–water partition coefficient (Wildman–Crippen LogP) is 1.17. The second kappa shape index (κ2) is 7.35. The summed E-state index contributed by atoms with van der Waals surface area (Å²) in [5.41, 5.74) is 2.30. The van der Waals surface area contributed by atoms with E-state index < -0.39 is 10.0 Å². The molecule has 1 unspecified atom stereocenters. The van der Waals surface area contributed by atoms with Crippen LogP contribution in [0.3, 0.4) is 0 Å². The fraction of sp³-hybridized carbons (Fsp3) is 0.600. The van der Waals surface area contributed by atoms with Crippen LogP contribution in [0.15, 0.2) is 24.3 Å². The molecule has 1 aromatic carbocycles. The molecule has 1 fully saturated rings. The van der Waals surface area contributed by atoms with Gasteiger partial charge in [0.1, 0.15) is 0 Å². The summed E-state index contributed by atoms with van der Waals surface area (Å²) in [5.74, 6) is 0.0348. The van der Waals surface area contributed by atoms with E-state index >= 15 is 0 Å². The molecule has 0 saturated carbocycles. The fourth-order valence-corrected chi connectivity index (χ4v) is 4.15. The van der Waals surface area contributed by atoms with Gasteiger partial charge in [-0.15, -0.1) is 0 Å². The molecule has 6 heteroatoms. The molecule has 1 aromatic rings. The van der Waals surface area contributed by atoms with Gasteiger partial charge in [-0.25, -0.2) is 8.42 Å². The molecule has 1 N–H and O–H groups in total. The number of hydrogen-bond acceptors (Lipinski definition) is 4. The Kier molecular flexibility index (Phi) is 5.75. The Labute approximate surface area is 127 Å². The zero-order valence-electron chi connectivity index (χ0n) is 12.7. The molecule has 1 aliphatic rings. The highest BCUT2D eigenvalue weighted by molar-refractivity contribution is 7.89. The normalized spacial score (nSPS) is 20.6. The van der Waals surface area contributed by atoms with Gasteiger partial charge in [-0.3, -0.25) is 0 Å². The van der Waals surface area contributed by atoms with Crippen molar-refractivity contribution in [1.82, 2.24) is 9.62 Å². The van der Waals surface area contributed by atoms with E-state index in [1.165, 1.54) is 12.7 Å². The van der Waals surface area contributed by atoms with Crippen LogP contribution >= 0.6 is 0 Å². The maximum Gasteiger partial charge on any atom is 0.217 e. The standard InChI is InChI=1S/C15H24N2O3S/c1-3-13-4-6-14(7-5-13)15-12-16-8-9-17(15)21(18,19)11-10-20-2/h4-7,15-16H,3,8-12H2,1-2H3. The van der Waals surface area contributed by atoms with Gasteiger partial charge < -0.3 is 10.1 Å². The summed E-state index contributed by atoms with van der Waals surface area (Å²) >= 11 is 0. The van der Waals surface area contributed by atoms with Crippen LogP contribution in [0.5, 0.6) is 0 Å². The van der Waals surface area contributed by atoms with Crippen LogP contribution in [0.2, 0.25) is 0 Å². The molecule has 1 saturated heterocycles. The molecule has 2 rings (SSSR count). The van der Waals surface area contributed by atoms with E-state index in [0.717, 1.165) is 12.0 Å². The van der Waals surface area contributed by atoms with Gasteiger partial charge in [0.05, 0.1) is 18.4 Å². The molecule has 1 aliphatic heterocycles. The van der Waals surface area contributed by atoms with Crippen LogP contribution in [0.1, 0.15) is 24.1 Å². The van der Waals surface area contributed by atoms with Gasteiger partial charge in [0.15, 0.2) is 0 Å². The third-order valence-electron chi connectivity index (χ3n) is 3.87. The smallest absolute Gasteiger partial charge is 0.217 e. The van der Waals surface area contributed by atoms with Crippen molar-refractivity contribution in [3.8, 4) is 0 Å².